The van der Waals surface area contributed by atoms with Crippen LogP contribution in [-0.4, -0.2) is 30.4 Å². The van der Waals surface area contributed by atoms with Crippen LogP contribution in [-0.2, 0) is 24.9 Å². The second-order valence-corrected chi connectivity index (χ2v) is 5.11. The normalized spacial score (nSPS) is 10.7. The van der Waals surface area contributed by atoms with Crippen molar-refractivity contribution in [1.29, 1.82) is 0 Å². The summed E-state index contributed by atoms with van der Waals surface area (Å²) in [6.45, 7) is 5.30. The summed E-state index contributed by atoms with van der Waals surface area (Å²) in [4.78, 5) is 22.4. The molecule has 0 radical (unpaired) electrons. The highest BCUT2D eigenvalue weighted by Gasteiger charge is 2.22. The molecule has 0 aliphatic rings. The number of carbonyl (C=O) groups excluding carboxylic acids is 1. The number of carbonyl (C=O) groups is 1. The van der Waals surface area contributed by atoms with Gasteiger partial charge in [0.15, 0.2) is 0 Å². The third kappa shape index (κ3) is 3.13. The fraction of sp³-hybridized carbons (Fsp3) is 0.462. The van der Waals surface area contributed by atoms with Gasteiger partial charge in [0.05, 0.1) is 17.2 Å². The molecule has 2 aromatic heterocycles. The molecule has 1 amide bonds. The SMILES string of the molecule is Cc1nn(CC(=O)NCc2cc(C)n(C)n2)c(C)c1[N+](=O)[O-]. The third-order valence-electron chi connectivity index (χ3n) is 3.45. The van der Waals surface area contributed by atoms with Gasteiger partial charge in [-0.3, -0.25) is 24.3 Å². The molecule has 9 nitrogen and oxygen atoms in total. The summed E-state index contributed by atoms with van der Waals surface area (Å²) in [7, 11) is 1.83. The van der Waals surface area contributed by atoms with Crippen LogP contribution in [0.3, 0.4) is 0 Å². The summed E-state index contributed by atoms with van der Waals surface area (Å²) in [5, 5.41) is 21.9. The molecule has 0 saturated carbocycles. The van der Waals surface area contributed by atoms with E-state index in [-0.39, 0.29) is 18.1 Å². The molecule has 118 valence electrons. The Morgan fingerprint density at radius 2 is 2.05 bits per heavy atom. The molecule has 0 aliphatic carbocycles. The van der Waals surface area contributed by atoms with Gasteiger partial charge < -0.3 is 5.32 Å². The smallest absolute Gasteiger partial charge is 0.312 e. The average Bonchev–Trinajstić information content (AvgIpc) is 2.88. The Balaban J connectivity index is 2.00. The van der Waals surface area contributed by atoms with Crippen LogP contribution in [0.15, 0.2) is 6.07 Å². The second kappa shape index (κ2) is 5.96. The number of nitrogens with one attached hydrogen (secondary N) is 1. The van der Waals surface area contributed by atoms with Gasteiger partial charge in [-0.05, 0) is 26.8 Å². The number of amides is 1. The highest BCUT2D eigenvalue weighted by Crippen LogP contribution is 2.21. The van der Waals surface area contributed by atoms with Crippen molar-refractivity contribution in [2.75, 3.05) is 0 Å². The summed E-state index contributed by atoms with van der Waals surface area (Å²) in [5.41, 5.74) is 2.38. The molecule has 22 heavy (non-hydrogen) atoms. The predicted molar refractivity (Wildman–Crippen MR) is 78.1 cm³/mol. The topological polar surface area (TPSA) is 108 Å². The van der Waals surface area contributed by atoms with E-state index < -0.39 is 4.92 Å². The van der Waals surface area contributed by atoms with E-state index in [1.54, 1.807) is 18.5 Å². The van der Waals surface area contributed by atoms with Crippen molar-refractivity contribution in [2.24, 2.45) is 7.05 Å². The molecule has 0 spiro atoms. The van der Waals surface area contributed by atoms with E-state index in [2.05, 4.69) is 15.5 Å². The summed E-state index contributed by atoms with van der Waals surface area (Å²) in [6, 6.07) is 1.88. The van der Waals surface area contributed by atoms with Gasteiger partial charge in [-0.25, -0.2) is 0 Å². The molecule has 0 atom stereocenters. The Kier molecular flexibility index (Phi) is 4.25. The second-order valence-electron chi connectivity index (χ2n) is 5.11. The van der Waals surface area contributed by atoms with Crippen molar-refractivity contribution in [2.45, 2.75) is 33.9 Å². The minimum atomic E-state index is -0.483. The Bertz CT molecular complexity index is 711. The quantitative estimate of drug-likeness (QED) is 0.648. The number of rotatable bonds is 5. The molecule has 0 aliphatic heterocycles. The van der Waals surface area contributed by atoms with Crippen molar-refractivity contribution in [1.82, 2.24) is 24.9 Å². The first-order valence-corrected chi connectivity index (χ1v) is 6.74. The largest absolute Gasteiger partial charge is 0.349 e. The van der Waals surface area contributed by atoms with Gasteiger partial charge in [-0.1, -0.05) is 0 Å². The van der Waals surface area contributed by atoms with Crippen LogP contribution in [0.4, 0.5) is 5.69 Å². The van der Waals surface area contributed by atoms with Crippen LogP contribution < -0.4 is 5.32 Å². The van der Waals surface area contributed by atoms with E-state index in [9.17, 15) is 14.9 Å². The van der Waals surface area contributed by atoms with E-state index in [0.29, 0.717) is 17.9 Å². The maximum absolute atomic E-state index is 11.9. The molecule has 9 heteroatoms. The lowest BCUT2D eigenvalue weighted by molar-refractivity contribution is -0.386. The zero-order valence-electron chi connectivity index (χ0n) is 13.0. The third-order valence-corrected chi connectivity index (χ3v) is 3.45. The lowest BCUT2D eigenvalue weighted by atomic mass is 10.3. The minimum Gasteiger partial charge on any atom is -0.349 e. The summed E-state index contributed by atoms with van der Waals surface area (Å²) < 4.78 is 3.07. The Morgan fingerprint density at radius 1 is 1.36 bits per heavy atom. The maximum atomic E-state index is 11.9. The first-order valence-electron chi connectivity index (χ1n) is 6.74. The summed E-state index contributed by atoms with van der Waals surface area (Å²) in [6.07, 6.45) is 0. The first-order chi connectivity index (χ1) is 10.3. The van der Waals surface area contributed by atoms with Crippen molar-refractivity contribution in [3.8, 4) is 0 Å². The molecule has 2 rings (SSSR count). The van der Waals surface area contributed by atoms with E-state index in [4.69, 9.17) is 0 Å². The molecule has 2 aromatic rings. The molecule has 0 saturated heterocycles. The Hall–Kier alpha value is -2.71. The van der Waals surface area contributed by atoms with Crippen molar-refractivity contribution < 1.29 is 9.72 Å². The molecular weight excluding hydrogens is 288 g/mol. The molecule has 0 bridgehead atoms. The van der Waals surface area contributed by atoms with Gasteiger partial charge in [0.1, 0.15) is 17.9 Å². The molecule has 0 fully saturated rings. The van der Waals surface area contributed by atoms with Crippen LogP contribution in [0.1, 0.15) is 22.8 Å². The average molecular weight is 306 g/mol. The standard InChI is InChI=1S/C13H18N6O3/c1-8-5-11(16-17(8)4)6-14-12(20)7-18-10(3)13(19(21)22)9(2)15-18/h5H,6-7H2,1-4H3,(H,14,20). The van der Waals surface area contributed by atoms with Gasteiger partial charge in [0.25, 0.3) is 0 Å². The lowest BCUT2D eigenvalue weighted by Crippen LogP contribution is -2.28. The zero-order valence-corrected chi connectivity index (χ0v) is 13.0. The van der Waals surface area contributed by atoms with Gasteiger partial charge in [-0.15, -0.1) is 0 Å². The number of hydrogen-bond acceptors (Lipinski definition) is 5. The van der Waals surface area contributed by atoms with Crippen LogP contribution in [0, 0.1) is 30.9 Å². The number of aromatic nitrogens is 4. The van der Waals surface area contributed by atoms with Gasteiger partial charge in [-0.2, -0.15) is 10.2 Å². The predicted octanol–water partition coefficient (Wildman–Crippen LogP) is 0.766. The fourth-order valence-electron chi connectivity index (χ4n) is 2.21. The lowest BCUT2D eigenvalue weighted by Gasteiger charge is -2.04. The fourth-order valence-corrected chi connectivity index (χ4v) is 2.21. The summed E-state index contributed by atoms with van der Waals surface area (Å²) in [5.74, 6) is -0.274. The highest BCUT2D eigenvalue weighted by atomic mass is 16.6. The summed E-state index contributed by atoms with van der Waals surface area (Å²) >= 11 is 0. The molecule has 0 unspecified atom stereocenters. The number of nitrogens with zero attached hydrogens (tertiary/aromatic N) is 5. The van der Waals surface area contributed by atoms with Crippen LogP contribution in [0.5, 0.6) is 0 Å². The first kappa shape index (κ1) is 15.7. The molecule has 1 N–H and O–H groups in total. The van der Waals surface area contributed by atoms with Crippen LogP contribution >= 0.6 is 0 Å². The van der Waals surface area contributed by atoms with Gasteiger partial charge >= 0.3 is 5.69 Å². The Morgan fingerprint density at radius 3 is 2.55 bits per heavy atom. The monoisotopic (exact) mass is 306 g/mol. The highest BCUT2D eigenvalue weighted by molar-refractivity contribution is 5.75. The van der Waals surface area contributed by atoms with Gasteiger partial charge in [0.2, 0.25) is 5.91 Å². The van der Waals surface area contributed by atoms with Crippen molar-refractivity contribution in [3.05, 3.63) is 39.0 Å². The van der Waals surface area contributed by atoms with Crippen LogP contribution in [0.2, 0.25) is 0 Å². The van der Waals surface area contributed by atoms with E-state index in [1.807, 2.05) is 20.0 Å². The number of nitro groups is 1. The number of hydrogen-bond donors (Lipinski definition) is 1. The molecule has 0 aromatic carbocycles. The maximum Gasteiger partial charge on any atom is 0.312 e. The van der Waals surface area contributed by atoms with Crippen molar-refractivity contribution in [3.63, 3.8) is 0 Å². The van der Waals surface area contributed by atoms with Crippen molar-refractivity contribution >= 4 is 11.6 Å². The molecule has 2 heterocycles. The van der Waals surface area contributed by atoms with E-state index in [1.165, 1.54) is 4.68 Å². The van der Waals surface area contributed by atoms with E-state index >= 15 is 0 Å². The van der Waals surface area contributed by atoms with E-state index in [0.717, 1.165) is 11.4 Å². The van der Waals surface area contributed by atoms with Crippen LogP contribution in [0.25, 0.3) is 0 Å². The van der Waals surface area contributed by atoms with Gasteiger partial charge in [0, 0.05) is 12.7 Å². The minimum absolute atomic E-state index is 0.0480. The molecular formula is C13H18N6O3. The Labute approximate surface area is 127 Å². The number of aryl methyl sites for hydroxylation is 3. The zero-order chi connectivity index (χ0) is 16.4.